The van der Waals surface area contributed by atoms with Gasteiger partial charge in [0.1, 0.15) is 0 Å². The van der Waals surface area contributed by atoms with Crippen LogP contribution in [0.25, 0.3) is 0 Å². The van der Waals surface area contributed by atoms with E-state index in [1.165, 1.54) is 18.7 Å². The predicted molar refractivity (Wildman–Crippen MR) is 21.3 cm³/mol. The van der Waals surface area contributed by atoms with Crippen molar-refractivity contribution in [2.24, 2.45) is 4.99 Å². The first-order valence-electron chi connectivity index (χ1n) is 1.55. The molecule has 0 spiro atoms. The van der Waals surface area contributed by atoms with Crippen molar-refractivity contribution in [2.75, 3.05) is 0 Å². The van der Waals surface area contributed by atoms with Crippen LogP contribution in [-0.2, 0) is 0 Å². The van der Waals surface area contributed by atoms with Crippen LogP contribution in [0.3, 0.4) is 0 Å². The SMILES string of the molecule is O=[N+]1C=CN=C1.[Br-]. The molecule has 0 saturated carbocycles. The Hall–Kier alpha value is -0.510. The molecule has 0 N–H and O–H groups in total. The molecule has 0 atom stereocenters. The molecule has 0 radical (unpaired) electrons. The Morgan fingerprint density at radius 1 is 1.57 bits per heavy atom. The van der Waals surface area contributed by atoms with E-state index in [1.807, 2.05) is 0 Å². The van der Waals surface area contributed by atoms with Gasteiger partial charge in [0.25, 0.3) is 0 Å². The van der Waals surface area contributed by atoms with Crippen molar-refractivity contribution in [2.45, 2.75) is 0 Å². The average molecular weight is 163 g/mol. The van der Waals surface area contributed by atoms with Gasteiger partial charge in [-0.05, 0) is 4.99 Å². The quantitative estimate of drug-likeness (QED) is 0.357. The standard InChI is InChI=1S/C3H3N2O.BrH/c6-5-2-1-4-3-5;/h1-3H;1H/q+1;/p-1. The molecular formula is C3H3BrN2O. The summed E-state index contributed by atoms with van der Waals surface area (Å²) in [6.45, 7) is 0. The topological polar surface area (TPSA) is 32.4 Å². The van der Waals surface area contributed by atoms with Crippen LogP contribution in [0.15, 0.2) is 17.4 Å². The summed E-state index contributed by atoms with van der Waals surface area (Å²) in [6, 6.07) is 0. The van der Waals surface area contributed by atoms with Crippen molar-refractivity contribution in [1.82, 2.24) is 0 Å². The number of aliphatic imine (C=N–C) groups is 1. The van der Waals surface area contributed by atoms with Crippen LogP contribution in [0.2, 0.25) is 0 Å². The van der Waals surface area contributed by atoms with E-state index in [4.69, 9.17) is 0 Å². The zero-order chi connectivity index (χ0) is 4.41. The molecule has 0 bridgehead atoms. The van der Waals surface area contributed by atoms with Gasteiger partial charge in [-0.15, -0.1) is 0 Å². The molecule has 4 heteroatoms. The lowest BCUT2D eigenvalue weighted by atomic mass is 11.0. The maximum atomic E-state index is 9.92. The molecule has 0 aromatic rings. The summed E-state index contributed by atoms with van der Waals surface area (Å²) in [4.78, 5) is 13.4. The first kappa shape index (κ1) is 6.49. The Balaban J connectivity index is 0.000000360. The van der Waals surface area contributed by atoms with Gasteiger partial charge in [0.2, 0.25) is 0 Å². The van der Waals surface area contributed by atoms with Crippen LogP contribution in [0.4, 0.5) is 0 Å². The van der Waals surface area contributed by atoms with Gasteiger partial charge in [0.05, 0.1) is 0 Å². The van der Waals surface area contributed by atoms with Crippen LogP contribution in [-0.4, -0.2) is 11.1 Å². The Kier molecular flexibility index (Phi) is 2.44. The zero-order valence-electron chi connectivity index (χ0n) is 3.41. The second-order valence-corrected chi connectivity index (χ2v) is 0.923. The summed E-state index contributed by atoms with van der Waals surface area (Å²) < 4.78 is 0.639. The second-order valence-electron chi connectivity index (χ2n) is 0.923. The third kappa shape index (κ3) is 1.59. The van der Waals surface area contributed by atoms with E-state index in [0.29, 0.717) is 4.76 Å². The third-order valence-corrected chi connectivity index (χ3v) is 0.480. The van der Waals surface area contributed by atoms with Crippen LogP contribution in [0.5, 0.6) is 0 Å². The van der Waals surface area contributed by atoms with Gasteiger partial charge < -0.3 is 17.0 Å². The van der Waals surface area contributed by atoms with Gasteiger partial charge in [0, 0.05) is 4.76 Å². The number of halogens is 1. The minimum absolute atomic E-state index is 0. The van der Waals surface area contributed by atoms with Crippen molar-refractivity contribution in [3.8, 4) is 0 Å². The minimum atomic E-state index is 0. The molecule has 3 nitrogen and oxygen atoms in total. The lowest BCUT2D eigenvalue weighted by Gasteiger charge is -1.56. The van der Waals surface area contributed by atoms with Gasteiger partial charge in [0.15, 0.2) is 12.4 Å². The zero-order valence-corrected chi connectivity index (χ0v) is 5.00. The van der Waals surface area contributed by atoms with Gasteiger partial charge in [-0.3, -0.25) is 0 Å². The highest BCUT2D eigenvalue weighted by atomic mass is 79.9. The lowest BCUT2D eigenvalue weighted by Crippen LogP contribution is -3.00. The van der Waals surface area contributed by atoms with E-state index in [1.54, 1.807) is 0 Å². The summed E-state index contributed by atoms with van der Waals surface area (Å²) in [5.41, 5.74) is 0. The molecule has 0 unspecified atom stereocenters. The van der Waals surface area contributed by atoms with Gasteiger partial charge in [-0.1, -0.05) is 4.91 Å². The molecule has 7 heavy (non-hydrogen) atoms. The highest BCUT2D eigenvalue weighted by molar-refractivity contribution is 5.47. The molecule has 1 heterocycles. The monoisotopic (exact) mass is 162 g/mol. The predicted octanol–water partition coefficient (Wildman–Crippen LogP) is -2.72. The molecule has 38 valence electrons. The number of rotatable bonds is 0. The third-order valence-electron chi connectivity index (χ3n) is 0.480. The largest absolute Gasteiger partial charge is 1.00 e. The van der Waals surface area contributed by atoms with Crippen LogP contribution in [0.1, 0.15) is 0 Å². The fourth-order valence-electron chi connectivity index (χ4n) is 0.247. The summed E-state index contributed by atoms with van der Waals surface area (Å²) in [5.74, 6) is 0. The summed E-state index contributed by atoms with van der Waals surface area (Å²) in [7, 11) is 0. The smallest absolute Gasteiger partial charge is 0.330 e. The maximum absolute atomic E-state index is 9.92. The van der Waals surface area contributed by atoms with Crippen molar-refractivity contribution in [3.05, 3.63) is 17.3 Å². The second kappa shape index (κ2) is 2.63. The Labute approximate surface area is 51.1 Å². The Bertz CT molecular complexity index is 115. The molecular weight excluding hydrogens is 160 g/mol. The molecule has 0 aromatic heterocycles. The van der Waals surface area contributed by atoms with E-state index in [2.05, 4.69) is 4.99 Å². The van der Waals surface area contributed by atoms with E-state index in [0.717, 1.165) is 0 Å². The van der Waals surface area contributed by atoms with E-state index >= 15 is 0 Å². The average Bonchev–Trinajstić information content (AvgIpc) is 1.86. The fraction of sp³-hybridized carbons (Fsp3) is 0. The van der Waals surface area contributed by atoms with Crippen molar-refractivity contribution >= 4 is 6.34 Å². The Morgan fingerprint density at radius 3 is 2.43 bits per heavy atom. The molecule has 0 aliphatic carbocycles. The van der Waals surface area contributed by atoms with Gasteiger partial charge in [-0.25, -0.2) is 0 Å². The highest BCUT2D eigenvalue weighted by Gasteiger charge is 1.98. The first-order chi connectivity index (χ1) is 2.89. The summed E-state index contributed by atoms with van der Waals surface area (Å²) in [5, 5.41) is 0. The molecule has 0 saturated heterocycles. The summed E-state index contributed by atoms with van der Waals surface area (Å²) >= 11 is 0. The van der Waals surface area contributed by atoms with E-state index in [-0.39, 0.29) is 17.0 Å². The molecule has 1 aliphatic heterocycles. The molecule has 0 amide bonds. The number of hydrogen-bond acceptors (Lipinski definition) is 2. The van der Waals surface area contributed by atoms with E-state index in [9.17, 15) is 4.91 Å². The van der Waals surface area contributed by atoms with Crippen LogP contribution in [0, 0.1) is 4.91 Å². The number of nitroso groups, excluding NO2 is 1. The van der Waals surface area contributed by atoms with Crippen molar-refractivity contribution < 1.29 is 21.7 Å². The molecule has 0 aromatic carbocycles. The van der Waals surface area contributed by atoms with Crippen LogP contribution < -0.4 is 17.0 Å². The normalized spacial score (nSPS) is 14.6. The first-order valence-corrected chi connectivity index (χ1v) is 1.55. The van der Waals surface area contributed by atoms with Gasteiger partial charge >= 0.3 is 6.34 Å². The van der Waals surface area contributed by atoms with E-state index < -0.39 is 0 Å². The van der Waals surface area contributed by atoms with Crippen molar-refractivity contribution in [3.63, 3.8) is 0 Å². The minimum Gasteiger partial charge on any atom is -1.00 e. The van der Waals surface area contributed by atoms with Gasteiger partial charge in [-0.2, -0.15) is 0 Å². The number of nitrogens with zero attached hydrogens (tertiary/aromatic N) is 2. The molecule has 1 aliphatic rings. The maximum Gasteiger partial charge on any atom is 0.330 e. The number of hydrogen-bond donors (Lipinski definition) is 0. The fourth-order valence-corrected chi connectivity index (χ4v) is 0.247. The highest BCUT2D eigenvalue weighted by Crippen LogP contribution is 1.81. The lowest BCUT2D eigenvalue weighted by molar-refractivity contribution is -0.334. The van der Waals surface area contributed by atoms with Crippen LogP contribution >= 0.6 is 0 Å². The Morgan fingerprint density at radius 2 is 2.29 bits per heavy atom. The van der Waals surface area contributed by atoms with Crippen molar-refractivity contribution in [1.29, 1.82) is 0 Å². The molecule has 0 fully saturated rings. The summed E-state index contributed by atoms with van der Waals surface area (Å²) in [6.07, 6.45) is 3.97. The molecule has 1 rings (SSSR count).